The molecule has 1 saturated carbocycles. The first-order valence-corrected chi connectivity index (χ1v) is 5.09. The maximum Gasteiger partial charge on any atom is 0.235 e. The molecule has 0 unspecified atom stereocenters. The van der Waals surface area contributed by atoms with Crippen LogP contribution in [0.5, 0.6) is 5.75 Å². The predicted molar refractivity (Wildman–Crippen MR) is 57.1 cm³/mol. The van der Waals surface area contributed by atoms with Gasteiger partial charge < -0.3 is 5.11 Å². The van der Waals surface area contributed by atoms with E-state index in [4.69, 9.17) is 0 Å². The van der Waals surface area contributed by atoms with Gasteiger partial charge in [0, 0.05) is 5.56 Å². The van der Waals surface area contributed by atoms with Crippen LogP contribution in [-0.2, 0) is 10.3 Å². The monoisotopic (exact) mass is 217 g/mol. The Hall–Kier alpha value is -1.93. The van der Waals surface area contributed by atoms with Gasteiger partial charge in [-0.15, -0.1) is 0 Å². The molecule has 0 aliphatic heterocycles. The van der Waals surface area contributed by atoms with Crippen LogP contribution in [0.3, 0.4) is 0 Å². The standard InChI is InChI=1S/C12H11NO3/c14-7-9-6-10(16)2-3-11(9)12(13-8-15)4-1-5-12/h2-3,6-7,16H,1,4-5H2. The zero-order valence-corrected chi connectivity index (χ0v) is 8.64. The van der Waals surface area contributed by atoms with Crippen molar-refractivity contribution >= 4 is 12.4 Å². The first-order chi connectivity index (χ1) is 7.72. The van der Waals surface area contributed by atoms with E-state index in [1.165, 1.54) is 12.1 Å². The molecule has 1 aromatic carbocycles. The van der Waals surface area contributed by atoms with E-state index in [1.54, 1.807) is 12.1 Å². The quantitative estimate of drug-likeness (QED) is 0.478. The van der Waals surface area contributed by atoms with Crippen molar-refractivity contribution in [2.24, 2.45) is 4.99 Å². The van der Waals surface area contributed by atoms with Gasteiger partial charge in [0.25, 0.3) is 0 Å². The predicted octanol–water partition coefficient (Wildman–Crippen LogP) is 1.92. The van der Waals surface area contributed by atoms with E-state index in [1.807, 2.05) is 0 Å². The summed E-state index contributed by atoms with van der Waals surface area (Å²) in [4.78, 5) is 25.2. The number of carbonyl (C=O) groups excluding carboxylic acids is 2. The highest BCUT2D eigenvalue weighted by molar-refractivity contribution is 5.79. The Morgan fingerprint density at radius 1 is 1.44 bits per heavy atom. The molecule has 82 valence electrons. The zero-order valence-electron chi connectivity index (χ0n) is 8.64. The number of nitrogens with zero attached hydrogens (tertiary/aromatic N) is 1. The van der Waals surface area contributed by atoms with Crippen LogP contribution in [0.4, 0.5) is 0 Å². The summed E-state index contributed by atoms with van der Waals surface area (Å²) in [7, 11) is 0. The van der Waals surface area contributed by atoms with Crippen LogP contribution in [0.25, 0.3) is 0 Å². The van der Waals surface area contributed by atoms with Crippen molar-refractivity contribution in [3.05, 3.63) is 29.3 Å². The van der Waals surface area contributed by atoms with Gasteiger partial charge in [0.15, 0.2) is 6.29 Å². The fraction of sp³-hybridized carbons (Fsp3) is 0.333. The van der Waals surface area contributed by atoms with E-state index in [-0.39, 0.29) is 5.75 Å². The topological polar surface area (TPSA) is 66.7 Å². The van der Waals surface area contributed by atoms with E-state index < -0.39 is 5.54 Å². The number of aromatic hydroxyl groups is 1. The highest BCUT2D eigenvalue weighted by atomic mass is 16.3. The SMILES string of the molecule is O=C=NC1(c2ccc(O)cc2C=O)CCC1. The summed E-state index contributed by atoms with van der Waals surface area (Å²) >= 11 is 0. The molecule has 1 N–H and O–H groups in total. The molecular weight excluding hydrogens is 206 g/mol. The number of phenols is 1. The van der Waals surface area contributed by atoms with E-state index in [0.29, 0.717) is 17.4 Å². The van der Waals surface area contributed by atoms with Crippen molar-refractivity contribution in [2.75, 3.05) is 0 Å². The van der Waals surface area contributed by atoms with E-state index in [0.717, 1.165) is 19.3 Å². The average molecular weight is 217 g/mol. The van der Waals surface area contributed by atoms with Crippen LogP contribution in [0.2, 0.25) is 0 Å². The summed E-state index contributed by atoms with van der Waals surface area (Å²) in [6, 6.07) is 4.55. The summed E-state index contributed by atoms with van der Waals surface area (Å²) in [5.41, 5.74) is 0.500. The van der Waals surface area contributed by atoms with Gasteiger partial charge in [0.2, 0.25) is 6.08 Å². The third kappa shape index (κ3) is 1.53. The molecule has 0 aromatic heterocycles. The summed E-state index contributed by atoms with van der Waals surface area (Å²) in [6.07, 6.45) is 4.71. The normalized spacial score (nSPS) is 17.0. The number of hydrogen-bond donors (Lipinski definition) is 1. The van der Waals surface area contributed by atoms with E-state index in [9.17, 15) is 14.7 Å². The average Bonchev–Trinajstić information content (AvgIpc) is 2.24. The van der Waals surface area contributed by atoms with Gasteiger partial charge in [-0.05, 0) is 37.0 Å². The minimum absolute atomic E-state index is 0.0374. The van der Waals surface area contributed by atoms with Crippen LogP contribution in [0.15, 0.2) is 23.2 Å². The first kappa shape index (κ1) is 10.6. The third-order valence-electron chi connectivity index (χ3n) is 3.10. The highest BCUT2D eigenvalue weighted by Gasteiger charge is 2.40. The Bertz CT molecular complexity index is 471. The van der Waals surface area contributed by atoms with Gasteiger partial charge in [0.1, 0.15) is 5.75 Å². The molecule has 0 heterocycles. The van der Waals surface area contributed by atoms with Crippen molar-refractivity contribution in [1.29, 1.82) is 0 Å². The molecule has 1 aliphatic carbocycles. The molecule has 0 radical (unpaired) electrons. The number of benzene rings is 1. The smallest absolute Gasteiger partial charge is 0.235 e. The molecule has 1 fully saturated rings. The summed E-state index contributed by atoms with van der Waals surface area (Å²) in [5, 5.41) is 9.29. The maximum atomic E-state index is 10.9. The van der Waals surface area contributed by atoms with Gasteiger partial charge in [-0.3, -0.25) is 4.79 Å². The van der Waals surface area contributed by atoms with E-state index >= 15 is 0 Å². The number of phenolic OH excluding ortho intramolecular Hbond substituents is 1. The zero-order chi connectivity index (χ0) is 11.6. The molecule has 4 nitrogen and oxygen atoms in total. The number of carbonyl (C=O) groups is 1. The minimum atomic E-state index is -0.592. The third-order valence-corrected chi connectivity index (χ3v) is 3.10. The van der Waals surface area contributed by atoms with Crippen molar-refractivity contribution in [2.45, 2.75) is 24.8 Å². The van der Waals surface area contributed by atoms with E-state index in [2.05, 4.69) is 4.99 Å². The molecule has 0 atom stereocenters. The lowest BCUT2D eigenvalue weighted by Gasteiger charge is -2.37. The fourth-order valence-corrected chi connectivity index (χ4v) is 2.11. The number of isocyanates is 1. The minimum Gasteiger partial charge on any atom is -0.508 e. The molecular formula is C12H11NO3. The van der Waals surface area contributed by atoms with Gasteiger partial charge in [-0.1, -0.05) is 6.07 Å². The van der Waals surface area contributed by atoms with Crippen LogP contribution in [-0.4, -0.2) is 17.5 Å². The van der Waals surface area contributed by atoms with Crippen LogP contribution < -0.4 is 0 Å². The second-order valence-corrected chi connectivity index (χ2v) is 3.98. The molecule has 0 saturated heterocycles. The molecule has 1 aliphatic rings. The largest absolute Gasteiger partial charge is 0.508 e. The second kappa shape index (κ2) is 3.91. The molecule has 2 rings (SSSR count). The number of rotatable bonds is 3. The lowest BCUT2D eigenvalue weighted by Crippen LogP contribution is -2.33. The summed E-state index contributed by atoms with van der Waals surface area (Å²) < 4.78 is 0. The van der Waals surface area contributed by atoms with Gasteiger partial charge in [-0.2, -0.15) is 4.99 Å². The molecule has 16 heavy (non-hydrogen) atoms. The van der Waals surface area contributed by atoms with Gasteiger partial charge >= 0.3 is 0 Å². The van der Waals surface area contributed by atoms with Crippen molar-refractivity contribution in [1.82, 2.24) is 0 Å². The lowest BCUT2D eigenvalue weighted by atomic mass is 9.71. The Morgan fingerprint density at radius 2 is 2.19 bits per heavy atom. The van der Waals surface area contributed by atoms with Gasteiger partial charge in [0.05, 0.1) is 5.54 Å². The lowest BCUT2D eigenvalue weighted by molar-refractivity contribution is 0.111. The Labute approximate surface area is 92.6 Å². The van der Waals surface area contributed by atoms with Crippen LogP contribution in [0, 0.1) is 0 Å². The van der Waals surface area contributed by atoms with Crippen molar-refractivity contribution < 1.29 is 14.7 Å². The summed E-state index contributed by atoms with van der Waals surface area (Å²) in [5.74, 6) is 0.0374. The van der Waals surface area contributed by atoms with Crippen molar-refractivity contribution in [3.63, 3.8) is 0 Å². The highest BCUT2D eigenvalue weighted by Crippen LogP contribution is 2.46. The Kier molecular flexibility index (Phi) is 2.59. The Balaban J connectivity index is 2.53. The fourth-order valence-electron chi connectivity index (χ4n) is 2.11. The number of hydrogen-bond acceptors (Lipinski definition) is 4. The second-order valence-electron chi connectivity index (χ2n) is 3.98. The molecule has 0 bridgehead atoms. The molecule has 0 spiro atoms. The van der Waals surface area contributed by atoms with Crippen molar-refractivity contribution in [3.8, 4) is 5.75 Å². The number of aliphatic imine (C=N–C) groups is 1. The number of aldehydes is 1. The first-order valence-electron chi connectivity index (χ1n) is 5.09. The summed E-state index contributed by atoms with van der Waals surface area (Å²) in [6.45, 7) is 0. The molecule has 0 amide bonds. The van der Waals surface area contributed by atoms with Crippen LogP contribution in [0.1, 0.15) is 35.2 Å². The van der Waals surface area contributed by atoms with Gasteiger partial charge in [-0.25, -0.2) is 4.79 Å². The maximum absolute atomic E-state index is 10.9. The molecule has 1 aromatic rings. The van der Waals surface area contributed by atoms with Crippen LogP contribution >= 0.6 is 0 Å². The Morgan fingerprint density at radius 3 is 2.69 bits per heavy atom. The molecule has 4 heteroatoms.